The van der Waals surface area contributed by atoms with Crippen LogP contribution in [0.1, 0.15) is 15.9 Å². The maximum atomic E-state index is 12.5. The summed E-state index contributed by atoms with van der Waals surface area (Å²) >= 11 is 3.45. The van der Waals surface area contributed by atoms with Gasteiger partial charge in [0.25, 0.3) is 5.91 Å². The van der Waals surface area contributed by atoms with Crippen molar-refractivity contribution in [2.45, 2.75) is 6.54 Å². The van der Waals surface area contributed by atoms with Crippen LogP contribution < -0.4 is 4.74 Å². The van der Waals surface area contributed by atoms with Crippen LogP contribution in [0.3, 0.4) is 0 Å². The van der Waals surface area contributed by atoms with Crippen molar-refractivity contribution in [2.24, 2.45) is 0 Å². The zero-order valence-electron chi connectivity index (χ0n) is 15.6. The van der Waals surface area contributed by atoms with Crippen LogP contribution in [-0.4, -0.2) is 40.4 Å². The van der Waals surface area contributed by atoms with Crippen molar-refractivity contribution >= 4 is 27.8 Å². The summed E-state index contributed by atoms with van der Waals surface area (Å²) in [6.45, 7) is 0.00107. The number of hydrogen-bond acceptors (Lipinski definition) is 6. The molecule has 3 aromatic rings. The number of likely N-dealkylation sites (N-methyl/N-ethyl adjacent to an activating group) is 1. The molecule has 7 nitrogen and oxygen atoms in total. The number of benzene rings is 1. The van der Waals surface area contributed by atoms with E-state index in [2.05, 4.69) is 25.9 Å². The number of nitrogens with zero attached hydrogens (tertiary/aromatic N) is 3. The van der Waals surface area contributed by atoms with Crippen molar-refractivity contribution in [3.8, 4) is 11.6 Å². The van der Waals surface area contributed by atoms with E-state index in [-0.39, 0.29) is 24.0 Å². The van der Waals surface area contributed by atoms with Gasteiger partial charge in [0.1, 0.15) is 11.3 Å². The molecule has 0 saturated carbocycles. The molecule has 2 aromatic heterocycles. The van der Waals surface area contributed by atoms with E-state index in [1.165, 1.54) is 23.4 Å². The first-order valence-electron chi connectivity index (χ1n) is 8.72. The largest absolute Gasteiger partial charge is 0.452 e. The highest BCUT2D eigenvalue weighted by atomic mass is 79.9. The van der Waals surface area contributed by atoms with Gasteiger partial charge in [-0.15, -0.1) is 0 Å². The fraction of sp³-hybridized carbons (Fsp3) is 0.143. The van der Waals surface area contributed by atoms with Crippen LogP contribution in [0.2, 0.25) is 0 Å². The molecule has 0 aliphatic rings. The normalized spacial score (nSPS) is 10.3. The number of halogens is 1. The van der Waals surface area contributed by atoms with Gasteiger partial charge < -0.3 is 14.4 Å². The van der Waals surface area contributed by atoms with E-state index >= 15 is 0 Å². The van der Waals surface area contributed by atoms with Crippen molar-refractivity contribution in [1.29, 1.82) is 0 Å². The van der Waals surface area contributed by atoms with Gasteiger partial charge in [0.05, 0.1) is 6.20 Å². The lowest BCUT2D eigenvalue weighted by molar-refractivity contribution is -0.133. The quantitative estimate of drug-likeness (QED) is 0.503. The lowest BCUT2D eigenvalue weighted by atomic mass is 10.2. The van der Waals surface area contributed by atoms with Crippen LogP contribution in [0.4, 0.5) is 0 Å². The minimum atomic E-state index is -0.695. The van der Waals surface area contributed by atoms with Crippen LogP contribution in [0.25, 0.3) is 0 Å². The number of carbonyl (C=O) groups excluding carboxylic acids is 2. The van der Waals surface area contributed by atoms with Crippen LogP contribution in [0.5, 0.6) is 11.6 Å². The first-order chi connectivity index (χ1) is 14.0. The Balaban J connectivity index is 1.60. The van der Waals surface area contributed by atoms with E-state index in [1.807, 2.05) is 24.3 Å². The molecule has 1 aromatic carbocycles. The van der Waals surface area contributed by atoms with Gasteiger partial charge in [-0.25, -0.2) is 9.78 Å². The molecule has 0 aliphatic carbocycles. The molecule has 0 unspecified atom stereocenters. The van der Waals surface area contributed by atoms with Crippen LogP contribution in [-0.2, 0) is 16.1 Å². The highest BCUT2D eigenvalue weighted by Crippen LogP contribution is 2.22. The number of ether oxygens (including phenoxy) is 2. The molecule has 0 fully saturated rings. The molecule has 0 spiro atoms. The predicted octanol–water partition coefficient (Wildman–Crippen LogP) is 3.85. The topological polar surface area (TPSA) is 81.6 Å². The number of rotatable bonds is 7. The fourth-order valence-corrected chi connectivity index (χ4v) is 2.84. The van der Waals surface area contributed by atoms with Crippen molar-refractivity contribution in [3.05, 3.63) is 82.7 Å². The zero-order chi connectivity index (χ0) is 20.6. The average Bonchev–Trinajstić information content (AvgIpc) is 2.74. The number of aromatic nitrogens is 2. The minimum absolute atomic E-state index is 0.0829. The van der Waals surface area contributed by atoms with E-state index in [9.17, 15) is 9.59 Å². The van der Waals surface area contributed by atoms with Crippen molar-refractivity contribution in [1.82, 2.24) is 14.9 Å². The van der Waals surface area contributed by atoms with Crippen LogP contribution in [0.15, 0.2) is 71.6 Å². The van der Waals surface area contributed by atoms with Gasteiger partial charge in [-0.3, -0.25) is 9.78 Å². The van der Waals surface area contributed by atoms with Crippen molar-refractivity contribution < 1.29 is 19.1 Å². The average molecular weight is 456 g/mol. The monoisotopic (exact) mass is 455 g/mol. The van der Waals surface area contributed by atoms with Gasteiger partial charge in [-0.05, 0) is 35.9 Å². The molecule has 0 bridgehead atoms. The number of pyridine rings is 2. The van der Waals surface area contributed by atoms with Gasteiger partial charge in [0.15, 0.2) is 6.61 Å². The van der Waals surface area contributed by atoms with Gasteiger partial charge >= 0.3 is 5.97 Å². The third kappa shape index (κ3) is 5.61. The summed E-state index contributed by atoms with van der Waals surface area (Å²) < 4.78 is 11.7. The minimum Gasteiger partial charge on any atom is -0.452 e. The Kier molecular flexibility index (Phi) is 6.91. The summed E-state index contributed by atoms with van der Waals surface area (Å²) in [5, 5.41) is 0. The Hall–Kier alpha value is -3.26. The fourth-order valence-electron chi connectivity index (χ4n) is 2.43. The van der Waals surface area contributed by atoms with E-state index in [4.69, 9.17) is 9.47 Å². The molecule has 3 rings (SSSR count). The Morgan fingerprint density at radius 3 is 2.62 bits per heavy atom. The van der Waals surface area contributed by atoms with E-state index in [0.717, 1.165) is 10.0 Å². The molecule has 29 heavy (non-hydrogen) atoms. The SMILES string of the molecule is CN(Cc1ccccc1Br)C(=O)COC(=O)c1cccnc1Oc1cccnc1. The molecule has 0 radical (unpaired) electrons. The van der Waals surface area contributed by atoms with Gasteiger partial charge in [0.2, 0.25) is 5.88 Å². The summed E-state index contributed by atoms with van der Waals surface area (Å²) in [4.78, 5) is 34.3. The lowest BCUT2D eigenvalue weighted by Crippen LogP contribution is -2.31. The number of esters is 1. The van der Waals surface area contributed by atoms with Gasteiger partial charge in [-0.2, -0.15) is 0 Å². The van der Waals surface area contributed by atoms with Crippen molar-refractivity contribution in [3.63, 3.8) is 0 Å². The molecule has 1 amide bonds. The smallest absolute Gasteiger partial charge is 0.344 e. The van der Waals surface area contributed by atoms with Crippen LogP contribution in [0, 0.1) is 0 Å². The maximum absolute atomic E-state index is 12.5. The molecular weight excluding hydrogens is 438 g/mol. The lowest BCUT2D eigenvalue weighted by Gasteiger charge is -2.18. The molecule has 8 heteroatoms. The second-order valence-electron chi connectivity index (χ2n) is 6.06. The van der Waals surface area contributed by atoms with Crippen LogP contribution >= 0.6 is 15.9 Å². The summed E-state index contributed by atoms with van der Waals surface area (Å²) in [5.41, 5.74) is 1.08. The molecule has 0 saturated heterocycles. The Labute approximate surface area is 176 Å². The summed E-state index contributed by atoms with van der Waals surface area (Å²) in [6, 6.07) is 14.1. The third-order valence-corrected chi connectivity index (χ3v) is 4.73. The standard InChI is InChI=1S/C21H18BrN3O4/c1-25(13-15-6-2-3-9-18(15)22)19(26)14-28-21(27)17-8-5-11-24-20(17)29-16-7-4-10-23-12-16/h2-12H,13-14H2,1H3. The Bertz CT molecular complexity index is 998. The highest BCUT2D eigenvalue weighted by Gasteiger charge is 2.19. The molecular formula is C21H18BrN3O4. The van der Waals surface area contributed by atoms with E-state index < -0.39 is 5.97 Å². The number of carbonyl (C=O) groups is 2. The van der Waals surface area contributed by atoms with Gasteiger partial charge in [-0.1, -0.05) is 34.1 Å². The Morgan fingerprint density at radius 1 is 1.07 bits per heavy atom. The summed E-state index contributed by atoms with van der Waals surface area (Å²) in [7, 11) is 1.65. The second kappa shape index (κ2) is 9.79. The number of amides is 1. The molecule has 0 aliphatic heterocycles. The first kappa shape index (κ1) is 20.5. The first-order valence-corrected chi connectivity index (χ1v) is 9.51. The summed E-state index contributed by atoms with van der Waals surface area (Å²) in [6.07, 6.45) is 4.61. The van der Waals surface area contributed by atoms with E-state index in [1.54, 1.807) is 31.4 Å². The summed E-state index contributed by atoms with van der Waals surface area (Å²) in [5.74, 6) is -0.503. The predicted molar refractivity (Wildman–Crippen MR) is 109 cm³/mol. The van der Waals surface area contributed by atoms with Gasteiger partial charge in [0, 0.05) is 30.5 Å². The molecule has 0 N–H and O–H groups in total. The second-order valence-corrected chi connectivity index (χ2v) is 6.92. The molecule has 2 heterocycles. The maximum Gasteiger partial charge on any atom is 0.344 e. The number of hydrogen-bond donors (Lipinski definition) is 0. The Morgan fingerprint density at radius 2 is 1.86 bits per heavy atom. The highest BCUT2D eigenvalue weighted by molar-refractivity contribution is 9.10. The zero-order valence-corrected chi connectivity index (χ0v) is 17.2. The third-order valence-electron chi connectivity index (χ3n) is 3.96. The molecule has 148 valence electrons. The van der Waals surface area contributed by atoms with Crippen molar-refractivity contribution in [2.75, 3.05) is 13.7 Å². The van der Waals surface area contributed by atoms with E-state index in [0.29, 0.717) is 12.3 Å². The molecule has 0 atom stereocenters.